The number of fused-ring (bicyclic) bond motifs is 8. The third-order valence-electron chi connectivity index (χ3n) is 14.8. The number of hydrogen-bond acceptors (Lipinski definition) is 4. The van der Waals surface area contributed by atoms with E-state index in [9.17, 15) is 4.79 Å². The molecule has 5 heteroatoms. The largest absolute Gasteiger partial charge is 0.497 e. The second-order valence-corrected chi connectivity index (χ2v) is 19.8. The second kappa shape index (κ2) is 17.5. The van der Waals surface area contributed by atoms with Crippen molar-refractivity contribution < 1.29 is 19.0 Å². The fourth-order valence-electron chi connectivity index (χ4n) is 11.3. The Bertz CT molecular complexity index is 2870. The Balaban J connectivity index is 0.975. The van der Waals surface area contributed by atoms with E-state index in [0.717, 1.165) is 71.8 Å². The van der Waals surface area contributed by atoms with Crippen molar-refractivity contribution in [3.8, 4) is 39.5 Å². The van der Waals surface area contributed by atoms with Crippen LogP contribution in [0.4, 0.5) is 0 Å². The predicted octanol–water partition coefficient (Wildman–Crippen LogP) is 16.0. The van der Waals surface area contributed by atoms with E-state index in [1.54, 1.807) is 14.2 Å². The van der Waals surface area contributed by atoms with Gasteiger partial charge in [0.2, 0.25) is 0 Å². The molecule has 1 fully saturated rings. The molecule has 0 saturated heterocycles. The molecule has 0 N–H and O–H groups in total. The third-order valence-corrected chi connectivity index (χ3v) is 15.4. The van der Waals surface area contributed by atoms with Crippen molar-refractivity contribution in [2.24, 2.45) is 5.92 Å². The van der Waals surface area contributed by atoms with E-state index in [1.165, 1.54) is 79.2 Å². The Kier molecular flexibility index (Phi) is 11.6. The van der Waals surface area contributed by atoms with Crippen molar-refractivity contribution in [2.45, 2.75) is 89.1 Å². The number of carbonyl (C=O) groups is 1. The molecule has 0 radical (unpaired) electrons. The molecule has 1 aliphatic heterocycles. The number of benzene rings is 7. The summed E-state index contributed by atoms with van der Waals surface area (Å²) in [4.78, 5) is 13.8. The minimum absolute atomic E-state index is 0.0584. The zero-order valence-corrected chi connectivity index (χ0v) is 39.8. The first kappa shape index (κ1) is 43.0. The van der Waals surface area contributed by atoms with Crippen molar-refractivity contribution >= 4 is 38.6 Å². The van der Waals surface area contributed by atoms with Crippen LogP contribution in [-0.4, -0.2) is 20.0 Å². The molecule has 0 spiro atoms. The molecule has 0 bridgehead atoms. The maximum absolute atomic E-state index is 13.8. The molecule has 3 aliphatic rings. The summed E-state index contributed by atoms with van der Waals surface area (Å²) >= 11 is 4.09. The molecule has 4 nitrogen and oxygen atoms in total. The van der Waals surface area contributed by atoms with Gasteiger partial charge in [-0.3, -0.25) is 4.79 Å². The summed E-state index contributed by atoms with van der Waals surface area (Å²) in [5.41, 5.74) is 11.7. The van der Waals surface area contributed by atoms with Crippen LogP contribution >= 0.6 is 15.9 Å². The first-order chi connectivity index (χ1) is 31.6. The molecule has 0 aromatic heterocycles. The second-order valence-electron chi connectivity index (χ2n) is 18.9. The summed E-state index contributed by atoms with van der Waals surface area (Å²) in [5.74, 6) is 3.99. The standard InChI is InChI=1S/C60H57BrO4/c1-6-7-8-11-38-14-16-39(17-15-38)40-18-22-42(23-19-40)57(62)43-24-20-41(21-25-43)44-36-52-54-49-12-9-10-13-50(49)58-51(56(54)59(2,3)55(52)53(61)37-44)34-35-60(65-58,45-26-30-47(63-4)31-27-45)46-28-32-48(64-5)33-29-46/h9-10,12-13,18-39H,6-8,11,14-17H2,1-5H3. The molecule has 7 aromatic carbocycles. The number of unbranched alkanes of at least 4 members (excludes halogenated alkanes) is 2. The van der Waals surface area contributed by atoms with Gasteiger partial charge in [0.05, 0.1) is 14.2 Å². The topological polar surface area (TPSA) is 44.8 Å². The van der Waals surface area contributed by atoms with Gasteiger partial charge in [-0.05, 0) is 124 Å². The van der Waals surface area contributed by atoms with Crippen LogP contribution < -0.4 is 14.2 Å². The van der Waals surface area contributed by atoms with Gasteiger partial charge in [0, 0.05) is 43.1 Å². The summed E-state index contributed by atoms with van der Waals surface area (Å²) in [7, 11) is 3.38. The highest BCUT2D eigenvalue weighted by atomic mass is 79.9. The molecule has 1 saturated carbocycles. The number of ether oxygens (including phenoxy) is 3. The van der Waals surface area contributed by atoms with Crippen LogP contribution in [0.25, 0.3) is 39.1 Å². The van der Waals surface area contributed by atoms with E-state index < -0.39 is 5.60 Å². The van der Waals surface area contributed by atoms with Gasteiger partial charge in [-0.1, -0.05) is 166 Å². The Labute approximate surface area is 392 Å². The molecule has 328 valence electrons. The van der Waals surface area contributed by atoms with Crippen molar-refractivity contribution in [1.29, 1.82) is 0 Å². The van der Waals surface area contributed by atoms with Crippen LogP contribution in [0, 0.1) is 5.92 Å². The number of ketones is 1. The Morgan fingerprint density at radius 2 is 1.29 bits per heavy atom. The van der Waals surface area contributed by atoms with Gasteiger partial charge >= 0.3 is 0 Å². The fourth-order valence-corrected chi connectivity index (χ4v) is 12.2. The molecular weight excluding hydrogens is 865 g/mol. The predicted molar refractivity (Wildman–Crippen MR) is 270 cm³/mol. The van der Waals surface area contributed by atoms with E-state index >= 15 is 0 Å². The van der Waals surface area contributed by atoms with Crippen LogP contribution in [0.2, 0.25) is 0 Å². The molecule has 0 amide bonds. The number of carbonyl (C=O) groups excluding carboxylic acids is 1. The fraction of sp³-hybridized carbons (Fsp3) is 0.283. The molecule has 7 aromatic rings. The van der Waals surface area contributed by atoms with Crippen LogP contribution in [0.1, 0.15) is 127 Å². The van der Waals surface area contributed by atoms with Gasteiger partial charge in [-0.15, -0.1) is 0 Å². The van der Waals surface area contributed by atoms with E-state index in [1.807, 2.05) is 48.5 Å². The number of methoxy groups -OCH3 is 2. The minimum atomic E-state index is -0.907. The minimum Gasteiger partial charge on any atom is -0.497 e. The molecule has 0 atom stereocenters. The highest BCUT2D eigenvalue weighted by molar-refractivity contribution is 9.10. The lowest BCUT2D eigenvalue weighted by molar-refractivity contribution is 0.103. The van der Waals surface area contributed by atoms with E-state index in [0.29, 0.717) is 11.5 Å². The SMILES string of the molecule is CCCCCC1CCC(c2ccc(C(=O)c3ccc(-c4cc(Br)c5c(c4)-c4c(c6c(c7ccccc47)OC(c4ccc(OC)cc4)(c4ccc(OC)cc4)C=C6)C5(C)C)cc3)cc2)CC1. The van der Waals surface area contributed by atoms with Gasteiger partial charge in [0.15, 0.2) is 11.4 Å². The van der Waals surface area contributed by atoms with Gasteiger partial charge in [0.25, 0.3) is 0 Å². The summed E-state index contributed by atoms with van der Waals surface area (Å²) in [5, 5.41) is 2.20. The average Bonchev–Trinajstić information content (AvgIpc) is 3.60. The zero-order valence-electron chi connectivity index (χ0n) is 38.2. The van der Waals surface area contributed by atoms with Crippen molar-refractivity contribution in [2.75, 3.05) is 14.2 Å². The summed E-state index contributed by atoms with van der Waals surface area (Å²) in [6.45, 7) is 6.94. The highest BCUT2D eigenvalue weighted by Crippen LogP contribution is 2.60. The normalized spacial score (nSPS) is 17.8. The number of rotatable bonds is 12. The van der Waals surface area contributed by atoms with E-state index in [-0.39, 0.29) is 11.2 Å². The first-order valence-corrected chi connectivity index (χ1v) is 24.3. The monoisotopic (exact) mass is 920 g/mol. The van der Waals surface area contributed by atoms with E-state index in [4.69, 9.17) is 14.2 Å². The Hall–Kier alpha value is -5.91. The molecule has 1 heterocycles. The van der Waals surface area contributed by atoms with Gasteiger partial charge in [0.1, 0.15) is 17.2 Å². The maximum Gasteiger partial charge on any atom is 0.193 e. The summed E-state index contributed by atoms with van der Waals surface area (Å²) in [6, 6.07) is 46.2. The lowest BCUT2D eigenvalue weighted by Crippen LogP contribution is -2.35. The maximum atomic E-state index is 13.8. The molecule has 65 heavy (non-hydrogen) atoms. The summed E-state index contributed by atoms with van der Waals surface area (Å²) < 4.78 is 19.7. The van der Waals surface area contributed by atoms with Gasteiger partial charge in [-0.25, -0.2) is 0 Å². The van der Waals surface area contributed by atoms with Crippen LogP contribution in [0.5, 0.6) is 17.2 Å². The molecular formula is C60H57BrO4. The summed E-state index contributed by atoms with van der Waals surface area (Å²) in [6.07, 6.45) is 15.1. The van der Waals surface area contributed by atoms with Crippen LogP contribution in [0.3, 0.4) is 0 Å². The van der Waals surface area contributed by atoms with Gasteiger partial charge in [-0.2, -0.15) is 0 Å². The Morgan fingerprint density at radius 3 is 1.89 bits per heavy atom. The Morgan fingerprint density at radius 1 is 0.692 bits per heavy atom. The highest BCUT2D eigenvalue weighted by Gasteiger charge is 2.45. The smallest absolute Gasteiger partial charge is 0.193 e. The molecule has 0 unspecified atom stereocenters. The average molecular weight is 922 g/mol. The quantitative estimate of drug-likeness (QED) is 0.0905. The lowest BCUT2D eigenvalue weighted by Gasteiger charge is -2.38. The zero-order chi connectivity index (χ0) is 44.9. The number of hydrogen-bond donors (Lipinski definition) is 0. The number of halogens is 1. The molecule has 10 rings (SSSR count). The van der Waals surface area contributed by atoms with Crippen molar-refractivity contribution in [3.63, 3.8) is 0 Å². The third kappa shape index (κ3) is 7.60. The van der Waals surface area contributed by atoms with Crippen LogP contribution in [-0.2, 0) is 11.0 Å². The van der Waals surface area contributed by atoms with Gasteiger partial charge < -0.3 is 14.2 Å². The molecule has 2 aliphatic carbocycles. The van der Waals surface area contributed by atoms with Crippen molar-refractivity contribution in [3.05, 3.63) is 189 Å². The van der Waals surface area contributed by atoms with E-state index in [2.05, 4.69) is 134 Å². The van der Waals surface area contributed by atoms with Crippen LogP contribution in [0.15, 0.2) is 144 Å². The lowest BCUT2D eigenvalue weighted by atomic mass is 9.76. The first-order valence-electron chi connectivity index (χ1n) is 23.5. The van der Waals surface area contributed by atoms with Crippen molar-refractivity contribution in [1.82, 2.24) is 0 Å².